The molecule has 0 amide bonds. The van der Waals surface area contributed by atoms with Crippen molar-refractivity contribution in [1.29, 1.82) is 5.26 Å². The first-order chi connectivity index (χ1) is 16.0. The quantitative estimate of drug-likeness (QED) is 0.307. The van der Waals surface area contributed by atoms with Crippen molar-refractivity contribution in [2.45, 2.75) is 51.1 Å². The van der Waals surface area contributed by atoms with Crippen molar-refractivity contribution in [2.24, 2.45) is 0 Å². The Morgan fingerprint density at radius 1 is 1.21 bits per heavy atom. The summed E-state index contributed by atoms with van der Waals surface area (Å²) < 4.78 is 1.75. The molecule has 168 valence electrons. The Morgan fingerprint density at radius 2 is 2.00 bits per heavy atom. The molecule has 7 nitrogen and oxygen atoms in total. The second-order valence-electron chi connectivity index (χ2n) is 7.73. The van der Waals surface area contributed by atoms with Crippen LogP contribution in [0.3, 0.4) is 0 Å². The van der Waals surface area contributed by atoms with Gasteiger partial charge in [-0.15, -0.1) is 16.4 Å². The molecule has 1 aromatic carbocycles. The molecule has 0 bridgehead atoms. The first-order valence-electron chi connectivity index (χ1n) is 10.8. The number of Topliss-reactive ketones (excluding diaryl/α,β-unsaturated/α-hetero) is 1. The minimum atomic E-state index is -0.903. The third-order valence-corrected chi connectivity index (χ3v) is 7.21. The fourth-order valence-corrected chi connectivity index (χ4v) is 5.23. The van der Waals surface area contributed by atoms with E-state index in [0.717, 1.165) is 41.9 Å². The molecule has 0 aliphatic heterocycles. The summed E-state index contributed by atoms with van der Waals surface area (Å²) in [5.74, 6) is -0.486. The van der Waals surface area contributed by atoms with Crippen molar-refractivity contribution >= 4 is 34.7 Å². The minimum Gasteiger partial charge on any atom is -0.297 e. The average Bonchev–Trinajstić information content (AvgIpc) is 3.46. The molecule has 0 fully saturated rings. The van der Waals surface area contributed by atoms with Crippen molar-refractivity contribution in [2.75, 3.05) is 5.75 Å². The van der Waals surface area contributed by atoms with E-state index in [2.05, 4.69) is 33.0 Å². The first-order valence-corrected chi connectivity index (χ1v) is 12.7. The van der Waals surface area contributed by atoms with E-state index in [1.807, 2.05) is 49.6 Å². The van der Waals surface area contributed by atoms with Crippen LogP contribution in [-0.4, -0.2) is 36.1 Å². The van der Waals surface area contributed by atoms with Crippen LogP contribution in [0.25, 0.3) is 17.0 Å². The van der Waals surface area contributed by atoms with Gasteiger partial charge in [-0.3, -0.25) is 4.79 Å². The Morgan fingerprint density at radius 3 is 2.73 bits per heavy atom. The van der Waals surface area contributed by atoms with Crippen LogP contribution in [0.2, 0.25) is 0 Å². The second-order valence-corrected chi connectivity index (χ2v) is 9.56. The van der Waals surface area contributed by atoms with Crippen LogP contribution >= 0.6 is 23.1 Å². The Bertz CT molecular complexity index is 1320. The van der Waals surface area contributed by atoms with Crippen LogP contribution in [0.4, 0.5) is 0 Å². The third-order valence-electron chi connectivity index (χ3n) is 5.44. The van der Waals surface area contributed by atoms with Crippen LogP contribution in [0.1, 0.15) is 47.6 Å². The van der Waals surface area contributed by atoms with Gasteiger partial charge in [-0.25, -0.2) is 14.5 Å². The molecule has 0 saturated heterocycles. The summed E-state index contributed by atoms with van der Waals surface area (Å²) in [4.78, 5) is 26.5. The van der Waals surface area contributed by atoms with E-state index in [9.17, 15) is 10.1 Å². The predicted octanol–water partition coefficient (Wildman–Crippen LogP) is 5.18. The summed E-state index contributed by atoms with van der Waals surface area (Å²) in [7, 11) is 0. The zero-order valence-electron chi connectivity index (χ0n) is 18.8. The van der Waals surface area contributed by atoms with Gasteiger partial charge in [0, 0.05) is 22.3 Å². The van der Waals surface area contributed by atoms with E-state index in [4.69, 9.17) is 0 Å². The highest BCUT2D eigenvalue weighted by Crippen LogP contribution is 2.28. The highest BCUT2D eigenvalue weighted by atomic mass is 32.2. The molecule has 33 heavy (non-hydrogen) atoms. The minimum absolute atomic E-state index is 0.0933. The van der Waals surface area contributed by atoms with Crippen molar-refractivity contribution < 1.29 is 4.79 Å². The van der Waals surface area contributed by atoms with Crippen molar-refractivity contribution in [3.8, 4) is 17.3 Å². The molecule has 3 heterocycles. The lowest BCUT2D eigenvalue weighted by Gasteiger charge is -2.09. The molecule has 4 rings (SSSR count). The Hall–Kier alpha value is -3.09. The van der Waals surface area contributed by atoms with Gasteiger partial charge >= 0.3 is 0 Å². The molecule has 0 spiro atoms. The number of aromatic nitrogens is 5. The number of hydrogen-bond donors (Lipinski definition) is 0. The summed E-state index contributed by atoms with van der Waals surface area (Å²) in [5, 5.41) is 17.1. The second kappa shape index (κ2) is 10.2. The normalized spacial score (nSPS) is 12.1. The molecule has 4 aromatic rings. The summed E-state index contributed by atoms with van der Waals surface area (Å²) in [6, 6.07) is 11.8. The molecule has 0 N–H and O–H groups in total. The summed E-state index contributed by atoms with van der Waals surface area (Å²) in [5.41, 5.74) is 4.93. The first kappa shape index (κ1) is 23.1. The third kappa shape index (κ3) is 4.97. The van der Waals surface area contributed by atoms with Gasteiger partial charge in [-0.05, 0) is 32.3 Å². The Balaban J connectivity index is 1.48. The molecule has 3 aromatic heterocycles. The number of rotatable bonds is 9. The molecule has 1 unspecified atom stereocenters. The lowest BCUT2D eigenvalue weighted by Crippen LogP contribution is -2.13. The molecule has 0 radical (unpaired) electrons. The van der Waals surface area contributed by atoms with Crippen LogP contribution in [0.15, 0.2) is 40.9 Å². The molecular formula is C24H24N6OS2. The predicted molar refractivity (Wildman–Crippen MR) is 131 cm³/mol. The van der Waals surface area contributed by atoms with Gasteiger partial charge in [0.25, 0.3) is 5.78 Å². The zero-order chi connectivity index (χ0) is 23.4. The van der Waals surface area contributed by atoms with E-state index in [-0.39, 0.29) is 11.5 Å². The van der Waals surface area contributed by atoms with Gasteiger partial charge in [0.1, 0.15) is 5.01 Å². The van der Waals surface area contributed by atoms with Gasteiger partial charge in [0.2, 0.25) is 5.16 Å². The maximum absolute atomic E-state index is 12.8. The number of nitrogens with zero attached hydrogens (tertiary/aromatic N) is 6. The fourth-order valence-electron chi connectivity index (χ4n) is 3.61. The van der Waals surface area contributed by atoms with E-state index in [1.54, 1.807) is 4.52 Å². The number of hydrogen-bond acceptors (Lipinski definition) is 8. The average molecular weight is 477 g/mol. The number of ketones is 1. The molecule has 1 atom stereocenters. The van der Waals surface area contributed by atoms with E-state index in [0.29, 0.717) is 15.9 Å². The number of nitriles is 1. The molecule has 0 saturated carbocycles. The van der Waals surface area contributed by atoms with Crippen molar-refractivity contribution in [1.82, 2.24) is 24.6 Å². The lowest BCUT2D eigenvalue weighted by atomic mass is 10.1. The van der Waals surface area contributed by atoms with Crippen LogP contribution < -0.4 is 0 Å². The van der Waals surface area contributed by atoms with E-state index >= 15 is 0 Å². The number of aryl methyl sites for hydroxylation is 2. The Kier molecular flexibility index (Phi) is 7.16. The van der Waals surface area contributed by atoms with Gasteiger partial charge in [-0.1, -0.05) is 55.4 Å². The molecule has 0 aliphatic carbocycles. The van der Waals surface area contributed by atoms with Gasteiger partial charge < -0.3 is 0 Å². The van der Waals surface area contributed by atoms with Crippen LogP contribution in [-0.2, 0) is 11.2 Å². The van der Waals surface area contributed by atoms with Crippen LogP contribution in [0, 0.1) is 25.2 Å². The van der Waals surface area contributed by atoms with Crippen LogP contribution in [0.5, 0.6) is 0 Å². The zero-order valence-corrected chi connectivity index (χ0v) is 20.4. The molecule has 9 heteroatoms. The number of fused-ring (bicyclic) bond motifs is 1. The molecular weight excluding hydrogens is 452 g/mol. The highest BCUT2D eigenvalue weighted by molar-refractivity contribution is 7.99. The van der Waals surface area contributed by atoms with Gasteiger partial charge in [-0.2, -0.15) is 10.2 Å². The summed E-state index contributed by atoms with van der Waals surface area (Å²) in [6.45, 7) is 6.19. The van der Waals surface area contributed by atoms with Gasteiger partial charge in [0.05, 0.1) is 17.5 Å². The number of thiazole rings is 1. The van der Waals surface area contributed by atoms with E-state index in [1.165, 1.54) is 28.7 Å². The topological polar surface area (TPSA) is 96.8 Å². The van der Waals surface area contributed by atoms with Gasteiger partial charge in [0.15, 0.2) is 11.7 Å². The van der Waals surface area contributed by atoms with E-state index < -0.39 is 5.92 Å². The number of thioether (sulfide) groups is 1. The number of carbonyl (C=O) groups is 1. The standard InChI is InChI=1S/C24H24N6OS2/c1-4-5-11-18-15(2)26-23-28-24(29-30(23)16(18)3)33-14-21(31)19(12-25)22-27-20(13-32-22)17-9-7-6-8-10-17/h6-10,13,19H,4-5,11,14H2,1-3H3. The molecule has 0 aliphatic rings. The summed E-state index contributed by atoms with van der Waals surface area (Å²) >= 11 is 2.56. The number of unbranched alkanes of at least 4 members (excludes halogenated alkanes) is 1. The Labute approximate surface area is 200 Å². The summed E-state index contributed by atoms with van der Waals surface area (Å²) in [6.07, 6.45) is 3.17. The monoisotopic (exact) mass is 476 g/mol. The highest BCUT2D eigenvalue weighted by Gasteiger charge is 2.25. The fraction of sp³-hybridized carbons (Fsp3) is 0.333. The number of benzene rings is 1. The largest absolute Gasteiger partial charge is 0.297 e. The lowest BCUT2D eigenvalue weighted by molar-refractivity contribution is -0.116. The van der Waals surface area contributed by atoms with Crippen molar-refractivity contribution in [3.63, 3.8) is 0 Å². The van der Waals surface area contributed by atoms with Crippen molar-refractivity contribution in [3.05, 3.63) is 57.7 Å². The maximum atomic E-state index is 12.8. The maximum Gasteiger partial charge on any atom is 0.253 e. The smallest absolute Gasteiger partial charge is 0.253 e. The SMILES string of the molecule is CCCCc1c(C)nc2nc(SCC(=O)C(C#N)c3nc(-c4ccccc4)cs3)nn2c1C. The number of carbonyl (C=O) groups excluding carboxylic acids is 1.